The summed E-state index contributed by atoms with van der Waals surface area (Å²) in [5, 5.41) is 7.97. The van der Waals surface area contributed by atoms with Crippen LogP contribution in [0.5, 0.6) is 0 Å². The van der Waals surface area contributed by atoms with Crippen molar-refractivity contribution in [1.29, 1.82) is 0 Å². The first-order chi connectivity index (χ1) is 11.8. The van der Waals surface area contributed by atoms with Crippen molar-refractivity contribution in [1.82, 2.24) is 0 Å². The Balaban J connectivity index is 1.76. The molecule has 1 atom stereocenters. The molecule has 25 heavy (non-hydrogen) atoms. The molecule has 0 saturated heterocycles. The minimum atomic E-state index is -3.82. The summed E-state index contributed by atoms with van der Waals surface area (Å²) >= 11 is 0. The van der Waals surface area contributed by atoms with Crippen molar-refractivity contribution in [3.8, 4) is 0 Å². The molecule has 7 heteroatoms. The van der Waals surface area contributed by atoms with Crippen LogP contribution in [0.1, 0.15) is 18.1 Å². The molecule has 132 valence electrons. The van der Waals surface area contributed by atoms with E-state index in [1.165, 1.54) is 11.6 Å². The van der Waals surface area contributed by atoms with Crippen molar-refractivity contribution in [2.45, 2.75) is 31.2 Å². The fraction of sp³-hybridized carbons (Fsp3) is 0.278. The molecular weight excluding hydrogens is 338 g/mol. The maximum atomic E-state index is 12.4. The highest BCUT2D eigenvalue weighted by Gasteiger charge is 2.27. The third kappa shape index (κ3) is 3.67. The normalized spacial score (nSPS) is 16.6. The Bertz CT molecular complexity index is 925. The Hall–Kier alpha value is -2.38. The Morgan fingerprint density at radius 1 is 1.28 bits per heavy atom. The summed E-state index contributed by atoms with van der Waals surface area (Å²) in [6, 6.07) is 13.0. The van der Waals surface area contributed by atoms with E-state index in [1.54, 1.807) is 19.1 Å². The van der Waals surface area contributed by atoms with Gasteiger partial charge in [0.05, 0.1) is 11.4 Å². The first-order valence-electron chi connectivity index (χ1n) is 8.03. The molecule has 0 bridgehead atoms. The number of amides is 1. The lowest BCUT2D eigenvalue weighted by molar-refractivity contribution is -0.115. The monoisotopic (exact) mass is 359 g/mol. The van der Waals surface area contributed by atoms with Crippen LogP contribution < -0.4 is 15.4 Å². The number of carbonyl (C=O) groups excluding carboxylic acids is 1. The number of hydrogen-bond acceptors (Lipinski definition) is 4. The van der Waals surface area contributed by atoms with E-state index in [1.807, 2.05) is 18.2 Å². The van der Waals surface area contributed by atoms with Crippen molar-refractivity contribution >= 4 is 27.3 Å². The molecule has 0 aliphatic carbocycles. The lowest BCUT2D eigenvalue weighted by atomic mass is 10.1. The number of rotatable bonds is 4. The molecule has 0 fully saturated rings. The fourth-order valence-corrected chi connectivity index (χ4v) is 4.02. The molecule has 3 N–H and O–H groups in total. The number of anilines is 2. The van der Waals surface area contributed by atoms with Crippen molar-refractivity contribution in [2.24, 2.45) is 5.14 Å². The number of benzene rings is 2. The Morgan fingerprint density at radius 2 is 2.00 bits per heavy atom. The number of para-hydroxylation sites is 1. The van der Waals surface area contributed by atoms with Crippen LogP contribution in [0, 0.1) is 6.92 Å². The summed E-state index contributed by atoms with van der Waals surface area (Å²) in [6.07, 6.45) is 0.906. The molecule has 1 amide bonds. The van der Waals surface area contributed by atoms with E-state index in [4.69, 9.17) is 5.14 Å². The summed E-state index contributed by atoms with van der Waals surface area (Å²) in [4.78, 5) is 14.5. The Labute approximate surface area is 147 Å². The molecule has 6 nitrogen and oxygen atoms in total. The highest BCUT2D eigenvalue weighted by atomic mass is 32.2. The van der Waals surface area contributed by atoms with Crippen LogP contribution in [0.2, 0.25) is 0 Å². The first-order valence-corrected chi connectivity index (χ1v) is 9.58. The predicted molar refractivity (Wildman–Crippen MR) is 98.1 cm³/mol. The third-order valence-electron chi connectivity index (χ3n) is 4.44. The summed E-state index contributed by atoms with van der Waals surface area (Å²) in [5.74, 6) is -0.201. The van der Waals surface area contributed by atoms with Crippen molar-refractivity contribution < 1.29 is 13.2 Å². The van der Waals surface area contributed by atoms with Gasteiger partial charge in [0, 0.05) is 17.4 Å². The molecule has 2 aromatic rings. The summed E-state index contributed by atoms with van der Waals surface area (Å²) < 4.78 is 23.2. The number of nitrogens with zero attached hydrogens (tertiary/aromatic N) is 1. The number of hydrogen-bond donors (Lipinski definition) is 2. The van der Waals surface area contributed by atoms with Gasteiger partial charge >= 0.3 is 0 Å². The maximum Gasteiger partial charge on any atom is 0.243 e. The van der Waals surface area contributed by atoms with Gasteiger partial charge in [-0.15, -0.1) is 0 Å². The average Bonchev–Trinajstić information content (AvgIpc) is 2.84. The van der Waals surface area contributed by atoms with Crippen molar-refractivity contribution in [3.63, 3.8) is 0 Å². The van der Waals surface area contributed by atoms with Gasteiger partial charge in [0.15, 0.2) is 0 Å². The van der Waals surface area contributed by atoms with Gasteiger partial charge in [-0.1, -0.05) is 24.3 Å². The predicted octanol–water partition coefficient (Wildman–Crippen LogP) is 2.03. The second-order valence-electron chi connectivity index (χ2n) is 6.38. The van der Waals surface area contributed by atoms with Crippen LogP contribution in [-0.4, -0.2) is 26.9 Å². The van der Waals surface area contributed by atoms with Crippen molar-refractivity contribution in [2.75, 3.05) is 16.8 Å². The van der Waals surface area contributed by atoms with Gasteiger partial charge in [-0.25, -0.2) is 13.6 Å². The summed E-state index contributed by atoms with van der Waals surface area (Å²) in [6.45, 7) is 3.95. The molecule has 1 aliphatic heterocycles. The third-order valence-corrected chi connectivity index (χ3v) is 5.49. The minimum Gasteiger partial charge on any atom is -0.359 e. The Morgan fingerprint density at radius 3 is 2.72 bits per heavy atom. The van der Waals surface area contributed by atoms with E-state index in [2.05, 4.69) is 23.2 Å². The van der Waals surface area contributed by atoms with E-state index in [0.717, 1.165) is 12.1 Å². The number of primary sulfonamides is 1. The largest absolute Gasteiger partial charge is 0.359 e. The first kappa shape index (κ1) is 17.4. The number of sulfonamides is 1. The van der Waals surface area contributed by atoms with Crippen LogP contribution in [0.25, 0.3) is 0 Å². The van der Waals surface area contributed by atoms with Gasteiger partial charge in [0.25, 0.3) is 0 Å². The zero-order chi connectivity index (χ0) is 18.2. The van der Waals surface area contributed by atoms with Crippen LogP contribution in [0.3, 0.4) is 0 Å². The van der Waals surface area contributed by atoms with E-state index in [9.17, 15) is 13.2 Å². The number of fused-ring (bicyclic) bond motifs is 1. The van der Waals surface area contributed by atoms with Gasteiger partial charge in [0.1, 0.15) is 0 Å². The second-order valence-corrected chi connectivity index (χ2v) is 7.91. The van der Waals surface area contributed by atoms with Gasteiger partial charge in [-0.05, 0) is 49.6 Å². The standard InChI is InChI=1S/C18H21N3O3S/c1-12-7-8-15(10-17(12)25(19,23)24)20-18(22)11-21-13(2)9-14-5-3-4-6-16(14)21/h3-8,10,13H,9,11H2,1-2H3,(H,20,22)(H2,19,23,24)/t13-/m1/s1. The highest BCUT2D eigenvalue weighted by molar-refractivity contribution is 7.89. The van der Waals surface area contributed by atoms with E-state index in [0.29, 0.717) is 11.3 Å². The lowest BCUT2D eigenvalue weighted by Gasteiger charge is -2.24. The highest BCUT2D eigenvalue weighted by Crippen LogP contribution is 2.31. The molecule has 1 heterocycles. The van der Waals surface area contributed by atoms with Gasteiger partial charge in [0.2, 0.25) is 15.9 Å². The molecule has 0 saturated carbocycles. The van der Waals surface area contributed by atoms with Crippen LogP contribution in [0.4, 0.5) is 11.4 Å². The number of nitrogens with two attached hydrogens (primary N) is 1. The van der Waals surface area contributed by atoms with Crippen molar-refractivity contribution in [3.05, 3.63) is 53.6 Å². The average molecular weight is 359 g/mol. The van der Waals surface area contributed by atoms with Gasteiger partial charge < -0.3 is 10.2 Å². The molecule has 0 spiro atoms. The number of carbonyl (C=O) groups is 1. The second kappa shape index (κ2) is 6.50. The fourth-order valence-electron chi connectivity index (χ4n) is 3.21. The van der Waals surface area contributed by atoms with Gasteiger partial charge in [-0.2, -0.15) is 0 Å². The topological polar surface area (TPSA) is 92.5 Å². The quantitative estimate of drug-likeness (QED) is 0.874. The molecule has 1 aliphatic rings. The Kier molecular flexibility index (Phi) is 4.53. The molecule has 0 unspecified atom stereocenters. The summed E-state index contributed by atoms with van der Waals surface area (Å²) in [7, 11) is -3.82. The molecule has 2 aromatic carbocycles. The molecular formula is C18H21N3O3S. The number of aryl methyl sites for hydroxylation is 1. The van der Waals surface area contributed by atoms with Crippen LogP contribution in [-0.2, 0) is 21.2 Å². The maximum absolute atomic E-state index is 12.4. The molecule has 0 aromatic heterocycles. The summed E-state index contributed by atoms with van der Waals surface area (Å²) in [5.41, 5.74) is 3.26. The van der Waals surface area contributed by atoms with Gasteiger partial charge in [-0.3, -0.25) is 4.79 Å². The smallest absolute Gasteiger partial charge is 0.243 e. The zero-order valence-corrected chi connectivity index (χ0v) is 15.0. The lowest BCUT2D eigenvalue weighted by Crippen LogP contribution is -2.37. The molecule has 0 radical (unpaired) electrons. The minimum absolute atomic E-state index is 0.0187. The van der Waals surface area contributed by atoms with E-state index >= 15 is 0 Å². The van der Waals surface area contributed by atoms with Crippen LogP contribution >= 0.6 is 0 Å². The zero-order valence-electron chi connectivity index (χ0n) is 14.2. The van der Waals surface area contributed by atoms with Crippen LogP contribution in [0.15, 0.2) is 47.4 Å². The number of nitrogens with one attached hydrogen (secondary N) is 1. The van der Waals surface area contributed by atoms with E-state index < -0.39 is 10.0 Å². The molecule has 3 rings (SSSR count). The SMILES string of the molecule is Cc1ccc(NC(=O)CN2c3ccccc3C[C@H]2C)cc1S(N)(=O)=O. The van der Waals surface area contributed by atoms with E-state index in [-0.39, 0.29) is 23.4 Å².